The Hall–Kier alpha value is -0.340. The maximum Gasteiger partial charge on any atom is 0.0302 e. The molecule has 1 heterocycles. The maximum absolute atomic E-state index is 3.58. The van der Waals surface area contributed by atoms with Crippen LogP contribution in [0.15, 0.2) is 11.4 Å². The quantitative estimate of drug-likeness (QED) is 0.802. The zero-order chi connectivity index (χ0) is 9.80. The van der Waals surface area contributed by atoms with Crippen molar-refractivity contribution >= 4 is 11.3 Å². The normalized spacial score (nSPS) is 17.8. The first-order valence-corrected chi connectivity index (χ1v) is 6.48. The molecule has 1 N–H and O–H groups in total. The van der Waals surface area contributed by atoms with Gasteiger partial charge in [0.1, 0.15) is 0 Å². The molecule has 1 nitrogen and oxygen atoms in total. The van der Waals surface area contributed by atoms with Crippen LogP contribution in [0.2, 0.25) is 0 Å². The first-order chi connectivity index (χ1) is 6.86. The van der Waals surface area contributed by atoms with Crippen LogP contribution in [0.4, 0.5) is 0 Å². The largest absolute Gasteiger partial charge is 0.312 e. The van der Waals surface area contributed by atoms with Crippen molar-refractivity contribution in [2.24, 2.45) is 5.92 Å². The number of hydrogen-bond donors (Lipinski definition) is 1. The summed E-state index contributed by atoms with van der Waals surface area (Å²) in [7, 11) is 0. The smallest absolute Gasteiger partial charge is 0.0302 e. The van der Waals surface area contributed by atoms with Crippen LogP contribution in [-0.4, -0.2) is 6.54 Å². The zero-order valence-corrected chi connectivity index (χ0v) is 9.70. The van der Waals surface area contributed by atoms with E-state index in [2.05, 4.69) is 23.7 Å². The molecular formula is C12H19NS. The Labute approximate surface area is 90.5 Å². The fourth-order valence-electron chi connectivity index (χ4n) is 2.19. The van der Waals surface area contributed by atoms with Crippen molar-refractivity contribution in [3.63, 3.8) is 0 Å². The van der Waals surface area contributed by atoms with Crippen LogP contribution in [0.25, 0.3) is 0 Å². The Morgan fingerprint density at radius 3 is 2.86 bits per heavy atom. The van der Waals surface area contributed by atoms with Crippen molar-refractivity contribution in [1.82, 2.24) is 5.32 Å². The van der Waals surface area contributed by atoms with Crippen LogP contribution in [-0.2, 0) is 6.54 Å². The van der Waals surface area contributed by atoms with Gasteiger partial charge in [0, 0.05) is 11.4 Å². The van der Waals surface area contributed by atoms with Gasteiger partial charge in [0.15, 0.2) is 0 Å². The van der Waals surface area contributed by atoms with Crippen molar-refractivity contribution in [3.8, 4) is 0 Å². The van der Waals surface area contributed by atoms with Gasteiger partial charge in [-0.2, -0.15) is 0 Å². The summed E-state index contributed by atoms with van der Waals surface area (Å²) in [6.45, 7) is 4.49. The Morgan fingerprint density at radius 2 is 2.21 bits per heavy atom. The molecule has 78 valence electrons. The third-order valence-corrected chi connectivity index (χ3v) is 4.18. The SMILES string of the molecule is Cc1ccsc1CNCC1CCCC1. The summed E-state index contributed by atoms with van der Waals surface area (Å²) in [6, 6.07) is 2.21. The van der Waals surface area contributed by atoms with Gasteiger partial charge in [0.05, 0.1) is 0 Å². The lowest BCUT2D eigenvalue weighted by Gasteiger charge is -2.09. The van der Waals surface area contributed by atoms with Crippen LogP contribution in [0, 0.1) is 12.8 Å². The first-order valence-electron chi connectivity index (χ1n) is 5.60. The highest BCUT2D eigenvalue weighted by Gasteiger charge is 2.14. The predicted molar refractivity (Wildman–Crippen MR) is 62.7 cm³/mol. The molecular weight excluding hydrogens is 190 g/mol. The zero-order valence-electron chi connectivity index (χ0n) is 8.88. The summed E-state index contributed by atoms with van der Waals surface area (Å²) in [5.41, 5.74) is 1.44. The van der Waals surface area contributed by atoms with E-state index in [4.69, 9.17) is 0 Å². The molecule has 0 bridgehead atoms. The van der Waals surface area contributed by atoms with Gasteiger partial charge in [-0.15, -0.1) is 11.3 Å². The van der Waals surface area contributed by atoms with Crippen molar-refractivity contribution in [2.45, 2.75) is 39.2 Å². The van der Waals surface area contributed by atoms with Gasteiger partial charge < -0.3 is 5.32 Å². The van der Waals surface area contributed by atoms with Crippen LogP contribution in [0.1, 0.15) is 36.1 Å². The summed E-state index contributed by atoms with van der Waals surface area (Å²) in [6.07, 6.45) is 5.78. The molecule has 0 radical (unpaired) electrons. The fraction of sp³-hybridized carbons (Fsp3) is 0.667. The van der Waals surface area contributed by atoms with E-state index in [1.54, 1.807) is 0 Å². The van der Waals surface area contributed by atoms with E-state index in [0.717, 1.165) is 12.5 Å². The van der Waals surface area contributed by atoms with Gasteiger partial charge in [0.25, 0.3) is 0 Å². The van der Waals surface area contributed by atoms with Crippen molar-refractivity contribution in [2.75, 3.05) is 6.54 Å². The Balaban J connectivity index is 1.70. The molecule has 0 unspecified atom stereocenters. The number of nitrogens with one attached hydrogen (secondary N) is 1. The highest BCUT2D eigenvalue weighted by molar-refractivity contribution is 7.10. The number of aryl methyl sites for hydroxylation is 1. The molecule has 2 heteroatoms. The second-order valence-corrected chi connectivity index (χ2v) is 5.31. The Kier molecular flexibility index (Phi) is 3.60. The molecule has 1 aliphatic rings. The van der Waals surface area contributed by atoms with Crippen molar-refractivity contribution in [3.05, 3.63) is 21.9 Å². The molecule has 1 fully saturated rings. The van der Waals surface area contributed by atoms with Crippen LogP contribution >= 0.6 is 11.3 Å². The summed E-state index contributed by atoms with van der Waals surface area (Å²) in [5, 5.41) is 5.76. The summed E-state index contributed by atoms with van der Waals surface area (Å²) < 4.78 is 0. The Morgan fingerprint density at radius 1 is 1.43 bits per heavy atom. The molecule has 14 heavy (non-hydrogen) atoms. The molecule has 0 aliphatic heterocycles. The molecule has 0 spiro atoms. The minimum atomic E-state index is 0.954. The van der Waals surface area contributed by atoms with E-state index in [-0.39, 0.29) is 0 Å². The van der Waals surface area contributed by atoms with Gasteiger partial charge in [-0.05, 0) is 49.2 Å². The van der Waals surface area contributed by atoms with Gasteiger partial charge in [-0.3, -0.25) is 0 Å². The molecule has 1 aromatic heterocycles. The number of rotatable bonds is 4. The van der Waals surface area contributed by atoms with E-state index in [1.807, 2.05) is 11.3 Å². The minimum Gasteiger partial charge on any atom is -0.312 e. The first kappa shape index (κ1) is 10.2. The predicted octanol–water partition coefficient (Wildman–Crippen LogP) is 3.34. The topological polar surface area (TPSA) is 12.0 Å². The summed E-state index contributed by atoms with van der Waals surface area (Å²) >= 11 is 1.87. The van der Waals surface area contributed by atoms with Gasteiger partial charge in [0.2, 0.25) is 0 Å². The average Bonchev–Trinajstić information content (AvgIpc) is 2.78. The fourth-order valence-corrected chi connectivity index (χ4v) is 3.07. The van der Waals surface area contributed by atoms with Gasteiger partial charge in [-0.25, -0.2) is 0 Å². The number of thiophene rings is 1. The monoisotopic (exact) mass is 209 g/mol. The van der Waals surface area contributed by atoms with E-state index in [9.17, 15) is 0 Å². The molecule has 0 atom stereocenters. The standard InChI is InChI=1S/C12H19NS/c1-10-6-7-14-12(10)9-13-8-11-4-2-3-5-11/h6-7,11,13H,2-5,8-9H2,1H3. The average molecular weight is 209 g/mol. The van der Waals surface area contributed by atoms with Crippen molar-refractivity contribution in [1.29, 1.82) is 0 Å². The lowest BCUT2D eigenvalue weighted by molar-refractivity contribution is 0.490. The van der Waals surface area contributed by atoms with Gasteiger partial charge >= 0.3 is 0 Å². The molecule has 0 amide bonds. The molecule has 0 saturated heterocycles. The van der Waals surface area contributed by atoms with Crippen LogP contribution in [0.3, 0.4) is 0 Å². The number of hydrogen-bond acceptors (Lipinski definition) is 2. The highest BCUT2D eigenvalue weighted by Crippen LogP contribution is 2.24. The van der Waals surface area contributed by atoms with Crippen LogP contribution < -0.4 is 5.32 Å². The lowest BCUT2D eigenvalue weighted by atomic mass is 10.1. The summed E-state index contributed by atoms with van der Waals surface area (Å²) in [4.78, 5) is 1.50. The molecule has 2 rings (SSSR count). The molecule has 1 aromatic rings. The highest BCUT2D eigenvalue weighted by atomic mass is 32.1. The summed E-state index contributed by atoms with van der Waals surface area (Å²) in [5.74, 6) is 0.954. The van der Waals surface area contributed by atoms with Gasteiger partial charge in [-0.1, -0.05) is 12.8 Å². The minimum absolute atomic E-state index is 0.954. The second kappa shape index (κ2) is 4.94. The van der Waals surface area contributed by atoms with E-state index >= 15 is 0 Å². The Bertz CT molecular complexity index is 274. The van der Waals surface area contributed by atoms with E-state index in [1.165, 1.54) is 42.7 Å². The van der Waals surface area contributed by atoms with Crippen LogP contribution in [0.5, 0.6) is 0 Å². The van der Waals surface area contributed by atoms with Crippen molar-refractivity contribution < 1.29 is 0 Å². The maximum atomic E-state index is 3.58. The van der Waals surface area contributed by atoms with E-state index < -0.39 is 0 Å². The molecule has 0 aromatic carbocycles. The molecule has 1 aliphatic carbocycles. The second-order valence-electron chi connectivity index (χ2n) is 4.31. The lowest BCUT2D eigenvalue weighted by Crippen LogP contribution is -2.20. The third-order valence-electron chi connectivity index (χ3n) is 3.16. The third kappa shape index (κ3) is 2.58. The molecule has 1 saturated carbocycles. The van der Waals surface area contributed by atoms with E-state index in [0.29, 0.717) is 0 Å².